The number of nitrogens with zero attached hydrogens (tertiary/aromatic N) is 6. The van der Waals surface area contributed by atoms with E-state index in [1.807, 2.05) is 0 Å². The van der Waals surface area contributed by atoms with Crippen molar-refractivity contribution in [3.8, 4) is 0 Å². The lowest BCUT2D eigenvalue weighted by Gasteiger charge is -2.01. The van der Waals surface area contributed by atoms with Crippen LogP contribution in [0.5, 0.6) is 0 Å². The van der Waals surface area contributed by atoms with E-state index in [4.69, 9.17) is 0 Å². The molecule has 0 fully saturated rings. The Morgan fingerprint density at radius 3 is 3.19 bits per heavy atom. The lowest BCUT2D eigenvalue weighted by Crippen LogP contribution is -2.24. The average molecular weight is 222 g/mol. The predicted octanol–water partition coefficient (Wildman–Crippen LogP) is -1.50. The molecule has 2 heterocycles. The third-order valence-corrected chi connectivity index (χ3v) is 1.87. The summed E-state index contributed by atoms with van der Waals surface area (Å²) in [4.78, 5) is 11.4. The van der Waals surface area contributed by atoms with E-state index in [0.29, 0.717) is 18.8 Å². The van der Waals surface area contributed by atoms with Crippen LogP contribution in [0.3, 0.4) is 0 Å². The molecule has 16 heavy (non-hydrogen) atoms. The van der Waals surface area contributed by atoms with Gasteiger partial charge in [0.05, 0.1) is 19.3 Å². The van der Waals surface area contributed by atoms with Crippen molar-refractivity contribution in [2.24, 2.45) is 0 Å². The van der Waals surface area contributed by atoms with Crippen molar-refractivity contribution in [1.29, 1.82) is 0 Å². The number of aromatic nitrogens is 7. The molecule has 9 heteroatoms. The zero-order valence-electron chi connectivity index (χ0n) is 8.37. The van der Waals surface area contributed by atoms with Gasteiger partial charge in [0.2, 0.25) is 5.91 Å². The molecule has 84 valence electrons. The van der Waals surface area contributed by atoms with E-state index in [9.17, 15) is 4.79 Å². The number of rotatable bonds is 5. The molecule has 2 aromatic heterocycles. The Morgan fingerprint density at radius 1 is 1.56 bits per heavy atom. The second-order valence-corrected chi connectivity index (χ2v) is 3.02. The quantitative estimate of drug-likeness (QED) is 0.636. The van der Waals surface area contributed by atoms with Crippen LogP contribution in [-0.4, -0.2) is 41.5 Å². The van der Waals surface area contributed by atoms with E-state index in [-0.39, 0.29) is 12.5 Å². The zero-order valence-corrected chi connectivity index (χ0v) is 8.37. The maximum absolute atomic E-state index is 11.4. The van der Waals surface area contributed by atoms with Gasteiger partial charge in [-0.2, -0.15) is 5.21 Å². The predicted molar refractivity (Wildman–Crippen MR) is 50.7 cm³/mol. The molecular formula is C7H10N8O. The summed E-state index contributed by atoms with van der Waals surface area (Å²) in [7, 11) is 0. The molecule has 0 aliphatic rings. The van der Waals surface area contributed by atoms with Crippen LogP contribution in [0.25, 0.3) is 0 Å². The van der Waals surface area contributed by atoms with Crippen LogP contribution in [-0.2, 0) is 17.9 Å². The minimum absolute atomic E-state index is 0.0969. The van der Waals surface area contributed by atoms with Crippen molar-refractivity contribution in [2.75, 3.05) is 0 Å². The number of aryl methyl sites for hydroxylation is 1. The first kappa shape index (κ1) is 10.2. The number of aromatic amines is 1. The third-order valence-electron chi connectivity index (χ3n) is 1.87. The van der Waals surface area contributed by atoms with Gasteiger partial charge in [0.25, 0.3) is 0 Å². The summed E-state index contributed by atoms with van der Waals surface area (Å²) in [5.74, 6) is 0.356. The highest BCUT2D eigenvalue weighted by Crippen LogP contribution is 1.89. The molecule has 0 unspecified atom stereocenters. The summed E-state index contributed by atoms with van der Waals surface area (Å²) < 4.78 is 1.59. The summed E-state index contributed by atoms with van der Waals surface area (Å²) >= 11 is 0. The molecule has 2 aromatic rings. The second-order valence-electron chi connectivity index (χ2n) is 3.02. The maximum atomic E-state index is 11.4. The fraction of sp³-hybridized carbons (Fsp3) is 0.429. The van der Waals surface area contributed by atoms with E-state index in [1.54, 1.807) is 17.1 Å². The van der Waals surface area contributed by atoms with Gasteiger partial charge in [-0.15, -0.1) is 15.3 Å². The van der Waals surface area contributed by atoms with Crippen LogP contribution in [0.4, 0.5) is 0 Å². The van der Waals surface area contributed by atoms with Crippen LogP contribution >= 0.6 is 0 Å². The van der Waals surface area contributed by atoms with Crippen molar-refractivity contribution in [3.05, 3.63) is 18.2 Å². The van der Waals surface area contributed by atoms with Gasteiger partial charge >= 0.3 is 0 Å². The Bertz CT molecular complexity index is 381. The fourth-order valence-electron chi connectivity index (χ4n) is 1.09. The normalized spacial score (nSPS) is 10.2. The standard InChI is InChI=1S/C7H10N8O/c16-7(1-3-15-4-2-9-14-15)8-5-6-10-12-13-11-6/h2,4H,1,3,5H2,(H,8,16)(H,10,11,12,13). The molecule has 0 saturated heterocycles. The number of hydrogen-bond donors (Lipinski definition) is 2. The molecule has 0 aliphatic carbocycles. The lowest BCUT2D eigenvalue weighted by molar-refractivity contribution is -0.121. The fourth-order valence-corrected chi connectivity index (χ4v) is 1.09. The first-order valence-electron chi connectivity index (χ1n) is 4.68. The van der Waals surface area contributed by atoms with E-state index in [1.165, 1.54) is 0 Å². The van der Waals surface area contributed by atoms with Crippen molar-refractivity contribution in [2.45, 2.75) is 19.5 Å². The summed E-state index contributed by atoms with van der Waals surface area (Å²) in [5.41, 5.74) is 0. The van der Waals surface area contributed by atoms with Crippen LogP contribution in [0.15, 0.2) is 12.4 Å². The molecule has 9 nitrogen and oxygen atoms in total. The van der Waals surface area contributed by atoms with E-state index in [2.05, 4.69) is 36.3 Å². The molecule has 2 rings (SSSR count). The highest BCUT2D eigenvalue weighted by molar-refractivity contribution is 5.75. The number of carbonyl (C=O) groups excluding carboxylic acids is 1. The third kappa shape index (κ3) is 2.83. The summed E-state index contributed by atoms with van der Waals surface area (Å²) in [6, 6.07) is 0. The van der Waals surface area contributed by atoms with E-state index < -0.39 is 0 Å². The monoisotopic (exact) mass is 222 g/mol. The number of carbonyl (C=O) groups is 1. The number of tetrazole rings is 1. The van der Waals surface area contributed by atoms with Crippen LogP contribution in [0.2, 0.25) is 0 Å². The SMILES string of the molecule is O=C(CCn1ccnn1)NCc1nn[nH]n1. The van der Waals surface area contributed by atoms with Gasteiger partial charge in [-0.25, -0.2) is 0 Å². The second kappa shape index (κ2) is 4.96. The topological polar surface area (TPSA) is 114 Å². The number of amides is 1. The minimum Gasteiger partial charge on any atom is -0.349 e. The van der Waals surface area contributed by atoms with Gasteiger partial charge < -0.3 is 5.32 Å². The Kier molecular flexibility index (Phi) is 3.16. The molecule has 0 aliphatic heterocycles. The van der Waals surface area contributed by atoms with Crippen LogP contribution in [0.1, 0.15) is 12.2 Å². The molecule has 2 N–H and O–H groups in total. The first-order chi connectivity index (χ1) is 7.84. The lowest BCUT2D eigenvalue weighted by atomic mass is 10.4. The van der Waals surface area contributed by atoms with Crippen molar-refractivity contribution >= 4 is 5.91 Å². The molecule has 0 saturated carbocycles. The number of hydrogen-bond acceptors (Lipinski definition) is 6. The van der Waals surface area contributed by atoms with Gasteiger partial charge in [-0.05, 0) is 0 Å². The Morgan fingerprint density at radius 2 is 2.50 bits per heavy atom. The first-order valence-corrected chi connectivity index (χ1v) is 4.68. The Labute approximate surface area is 90.2 Å². The van der Waals surface area contributed by atoms with E-state index >= 15 is 0 Å². The van der Waals surface area contributed by atoms with Gasteiger partial charge in [0, 0.05) is 12.6 Å². The van der Waals surface area contributed by atoms with Gasteiger partial charge in [-0.1, -0.05) is 10.4 Å². The smallest absolute Gasteiger partial charge is 0.222 e. The summed E-state index contributed by atoms with van der Waals surface area (Å²) in [6.07, 6.45) is 3.60. The molecule has 1 amide bonds. The van der Waals surface area contributed by atoms with Gasteiger partial charge in [-0.3, -0.25) is 9.48 Å². The van der Waals surface area contributed by atoms with Crippen LogP contribution < -0.4 is 5.32 Å². The maximum Gasteiger partial charge on any atom is 0.222 e. The highest BCUT2D eigenvalue weighted by atomic mass is 16.1. The average Bonchev–Trinajstić information content (AvgIpc) is 2.96. The molecular weight excluding hydrogens is 212 g/mol. The minimum atomic E-state index is -0.0969. The van der Waals surface area contributed by atoms with Crippen molar-refractivity contribution in [3.63, 3.8) is 0 Å². The Hall–Kier alpha value is -2.32. The van der Waals surface area contributed by atoms with E-state index in [0.717, 1.165) is 0 Å². The number of nitrogens with one attached hydrogen (secondary N) is 2. The summed E-state index contributed by atoms with van der Waals surface area (Å²) in [5, 5.41) is 23.1. The molecule has 0 spiro atoms. The molecule has 0 aromatic carbocycles. The highest BCUT2D eigenvalue weighted by Gasteiger charge is 2.04. The molecule has 0 atom stereocenters. The summed E-state index contributed by atoms with van der Waals surface area (Å²) in [6.45, 7) is 0.769. The van der Waals surface area contributed by atoms with Crippen LogP contribution in [0, 0.1) is 0 Å². The zero-order chi connectivity index (χ0) is 11.2. The molecule has 0 radical (unpaired) electrons. The van der Waals surface area contributed by atoms with Crippen molar-refractivity contribution < 1.29 is 4.79 Å². The van der Waals surface area contributed by atoms with Crippen molar-refractivity contribution in [1.82, 2.24) is 40.9 Å². The largest absolute Gasteiger partial charge is 0.349 e. The van der Waals surface area contributed by atoms with Gasteiger partial charge in [0.1, 0.15) is 0 Å². The molecule has 0 bridgehead atoms. The number of H-pyrrole nitrogens is 1. The van der Waals surface area contributed by atoms with Gasteiger partial charge in [0.15, 0.2) is 5.82 Å². The Balaban J connectivity index is 1.69.